The summed E-state index contributed by atoms with van der Waals surface area (Å²) in [4.78, 5) is 1.46. The largest absolute Gasteiger partial charge is 0.524 e. The van der Waals surface area contributed by atoms with Crippen molar-refractivity contribution in [3.8, 4) is 0 Å². The topological polar surface area (TPSA) is 43.4 Å². The molecule has 3 aromatic rings. The molecule has 232 valence electrons. The lowest BCUT2D eigenvalue weighted by Gasteiger charge is -2.42. The summed E-state index contributed by atoms with van der Waals surface area (Å²) in [5.74, 6) is 0. The fourth-order valence-corrected chi connectivity index (χ4v) is 10.5. The van der Waals surface area contributed by atoms with E-state index in [1.54, 1.807) is 60.7 Å². The lowest BCUT2D eigenvalue weighted by molar-refractivity contribution is -0.0496. The van der Waals surface area contributed by atoms with Gasteiger partial charge >= 0.3 is 15.6 Å². The van der Waals surface area contributed by atoms with Gasteiger partial charge in [0.15, 0.2) is 0 Å². The number of unbranched alkanes of at least 4 members (excludes halogenated alkanes) is 6. The molecule has 0 saturated heterocycles. The molecule has 3 nitrogen and oxygen atoms in total. The van der Waals surface area contributed by atoms with E-state index in [1.165, 1.54) is 0 Å². The number of aryl methyl sites for hydroxylation is 3. The monoisotopic (exact) mass is 622 g/mol. The van der Waals surface area contributed by atoms with Gasteiger partial charge in [-0.25, -0.2) is 0 Å². The molecule has 3 rings (SSSR count). The minimum absolute atomic E-state index is 0.427. The van der Waals surface area contributed by atoms with E-state index in [4.69, 9.17) is 3.63 Å². The summed E-state index contributed by atoms with van der Waals surface area (Å²) in [7, 11) is -9.33. The summed E-state index contributed by atoms with van der Waals surface area (Å²) in [5.41, 5.74) is -2.63. The fourth-order valence-electron chi connectivity index (χ4n) is 5.30. The molecule has 0 aliphatic carbocycles. The van der Waals surface area contributed by atoms with Gasteiger partial charge in [0.25, 0.3) is 0 Å². The Morgan fingerprint density at radius 1 is 0.619 bits per heavy atom. The van der Waals surface area contributed by atoms with Gasteiger partial charge in [-0.15, -0.1) is 0 Å². The van der Waals surface area contributed by atoms with Crippen LogP contribution in [0.4, 0.5) is 13.2 Å². The summed E-state index contributed by atoms with van der Waals surface area (Å²) in [6.07, 6.45) is 10.9. The minimum atomic E-state index is -5.97. The predicted octanol–water partition coefficient (Wildman–Crippen LogP) is 10.9. The molecule has 0 aliphatic rings. The minimum Gasteiger partial charge on any atom is -0.200 e. The number of hydrogen-bond acceptors (Lipinski definition) is 3. The van der Waals surface area contributed by atoms with Gasteiger partial charge in [0.05, 0.1) is 0 Å². The van der Waals surface area contributed by atoms with E-state index < -0.39 is 25.9 Å². The zero-order valence-corrected chi connectivity index (χ0v) is 26.7. The molecule has 0 atom stereocenters. The fraction of sp³-hybridized carbons (Fsp3) is 0.471. The van der Waals surface area contributed by atoms with Crippen molar-refractivity contribution in [2.75, 3.05) is 0 Å². The van der Waals surface area contributed by atoms with Gasteiger partial charge in [0.2, 0.25) is 0 Å². The van der Waals surface area contributed by atoms with Crippen LogP contribution in [0.15, 0.2) is 87.5 Å². The lowest BCUT2D eigenvalue weighted by atomic mass is 9.95. The first kappa shape index (κ1) is 34.2. The van der Waals surface area contributed by atoms with E-state index in [1.807, 2.05) is 0 Å². The van der Waals surface area contributed by atoms with Crippen molar-refractivity contribution in [3.05, 3.63) is 89.5 Å². The van der Waals surface area contributed by atoms with E-state index in [0.717, 1.165) is 80.9 Å². The first-order chi connectivity index (χ1) is 20.1. The molecule has 0 spiro atoms. The number of rotatable bonds is 17. The molecule has 0 aromatic heterocycles. The van der Waals surface area contributed by atoms with Gasteiger partial charge in [-0.1, -0.05) is 108 Å². The normalized spacial score (nSPS) is 12.9. The van der Waals surface area contributed by atoms with Crippen LogP contribution in [0, 0.1) is 0 Å². The third-order valence-electron chi connectivity index (χ3n) is 7.38. The number of hydrogen-bond donors (Lipinski definition) is 0. The van der Waals surface area contributed by atoms with Crippen LogP contribution in [0.25, 0.3) is 0 Å². The zero-order chi connectivity index (χ0) is 30.6. The first-order valence-electron chi connectivity index (χ1n) is 15.2. The molecule has 0 amide bonds. The van der Waals surface area contributed by atoms with Crippen LogP contribution in [0.1, 0.15) is 95.2 Å². The smallest absolute Gasteiger partial charge is 0.200 e. The number of benzene rings is 3. The Morgan fingerprint density at radius 3 is 1.40 bits per heavy atom. The molecule has 8 heteroatoms. The van der Waals surface area contributed by atoms with Crippen LogP contribution in [0.5, 0.6) is 0 Å². The van der Waals surface area contributed by atoms with E-state index in [9.17, 15) is 21.6 Å². The van der Waals surface area contributed by atoms with Crippen molar-refractivity contribution in [2.45, 2.75) is 118 Å². The van der Waals surface area contributed by atoms with Crippen molar-refractivity contribution in [3.63, 3.8) is 0 Å². The SMILES string of the molecule is CCCCCc1cc(CCCCC)c(S(OS(=O)(=O)C(F)(F)F)(c2ccccc2)c2ccccc2)c(CCCCC)c1. The van der Waals surface area contributed by atoms with Crippen LogP contribution in [-0.2, 0) is 33.0 Å². The van der Waals surface area contributed by atoms with Gasteiger partial charge < -0.3 is 0 Å². The maximum absolute atomic E-state index is 14.1. The molecule has 0 unspecified atom stereocenters. The quantitative estimate of drug-likeness (QED) is 0.111. The van der Waals surface area contributed by atoms with Gasteiger partial charge in [0.1, 0.15) is 0 Å². The second-order valence-corrected chi connectivity index (χ2v) is 15.1. The van der Waals surface area contributed by atoms with Gasteiger partial charge in [-0.2, -0.15) is 25.2 Å². The highest BCUT2D eigenvalue weighted by molar-refractivity contribution is 8.33. The van der Waals surface area contributed by atoms with Crippen molar-refractivity contribution in [1.29, 1.82) is 0 Å². The molecule has 0 heterocycles. The summed E-state index contributed by atoms with van der Waals surface area (Å²) in [6.45, 7) is 6.38. The lowest BCUT2D eigenvalue weighted by Crippen LogP contribution is -2.28. The van der Waals surface area contributed by atoms with E-state index in [0.29, 0.717) is 27.5 Å². The highest BCUT2D eigenvalue weighted by Crippen LogP contribution is 2.72. The molecule has 0 radical (unpaired) electrons. The maximum atomic E-state index is 14.1. The van der Waals surface area contributed by atoms with Crippen LogP contribution in [-0.4, -0.2) is 13.9 Å². The van der Waals surface area contributed by atoms with E-state index in [-0.39, 0.29) is 0 Å². The van der Waals surface area contributed by atoms with Crippen LogP contribution >= 0.6 is 10.3 Å². The summed E-state index contributed by atoms with van der Waals surface area (Å²) in [6, 6.07) is 21.5. The highest BCUT2D eigenvalue weighted by atomic mass is 32.3. The van der Waals surface area contributed by atoms with Crippen LogP contribution in [0.3, 0.4) is 0 Å². The summed E-state index contributed by atoms with van der Waals surface area (Å²) in [5, 5.41) is 0. The Morgan fingerprint density at radius 2 is 1.02 bits per heavy atom. The maximum Gasteiger partial charge on any atom is 0.524 e. The van der Waals surface area contributed by atoms with E-state index >= 15 is 0 Å². The van der Waals surface area contributed by atoms with Crippen molar-refractivity contribution >= 4 is 20.4 Å². The van der Waals surface area contributed by atoms with Crippen molar-refractivity contribution in [1.82, 2.24) is 0 Å². The third kappa shape index (κ3) is 8.42. The first-order valence-corrected chi connectivity index (χ1v) is 18.2. The average Bonchev–Trinajstić information content (AvgIpc) is 2.97. The molecular weight excluding hydrogens is 577 g/mol. The number of halogens is 3. The van der Waals surface area contributed by atoms with Crippen LogP contribution < -0.4 is 0 Å². The Hall–Kier alpha value is -2.29. The molecular formula is C34H45F3O3S2. The van der Waals surface area contributed by atoms with Gasteiger partial charge in [0, 0.05) is 14.7 Å². The second-order valence-electron chi connectivity index (χ2n) is 10.8. The highest BCUT2D eigenvalue weighted by Gasteiger charge is 2.53. The van der Waals surface area contributed by atoms with Gasteiger partial charge in [-0.05, 0) is 89.8 Å². The molecule has 3 aromatic carbocycles. The average molecular weight is 623 g/mol. The van der Waals surface area contributed by atoms with Crippen molar-refractivity contribution in [2.24, 2.45) is 0 Å². The summed E-state index contributed by atoms with van der Waals surface area (Å²) >= 11 is 0. The Labute approximate surface area is 252 Å². The molecule has 0 saturated carbocycles. The molecule has 42 heavy (non-hydrogen) atoms. The molecule has 0 fully saturated rings. The van der Waals surface area contributed by atoms with Crippen LogP contribution in [0.2, 0.25) is 0 Å². The predicted molar refractivity (Wildman–Crippen MR) is 167 cm³/mol. The van der Waals surface area contributed by atoms with Crippen molar-refractivity contribution < 1.29 is 25.2 Å². The number of alkyl halides is 3. The molecule has 0 aliphatic heterocycles. The summed E-state index contributed by atoms with van der Waals surface area (Å²) < 4.78 is 74.2. The van der Waals surface area contributed by atoms with E-state index in [2.05, 4.69) is 32.9 Å². The third-order valence-corrected chi connectivity index (χ3v) is 12.5. The standard InChI is InChI=1S/C34H45F3O3S2/c1-4-7-12-19-28-26-29(20-13-8-5-2)33(30(27-28)21-14-9-6-3)41(31-22-15-10-16-23-31,32-24-17-11-18-25-32)40-42(38,39)34(35,36)37/h10-11,15-18,22-27H,4-9,12-14,19-21H2,1-3H3. The second kappa shape index (κ2) is 16.0. The Kier molecular flexibility index (Phi) is 13.0. The Balaban J connectivity index is 2.48. The molecule has 0 bridgehead atoms. The molecule has 0 N–H and O–H groups in total. The zero-order valence-electron chi connectivity index (χ0n) is 25.1. The Bertz CT molecular complexity index is 1270. The van der Waals surface area contributed by atoms with Gasteiger partial charge in [-0.3, -0.25) is 0 Å².